The van der Waals surface area contributed by atoms with Gasteiger partial charge in [0, 0.05) is 56.9 Å². The summed E-state index contributed by atoms with van der Waals surface area (Å²) in [7, 11) is 12.1. The molecule has 3 aromatic heterocycles. The van der Waals surface area contributed by atoms with Gasteiger partial charge in [-0.25, -0.2) is 29.9 Å². The van der Waals surface area contributed by atoms with Crippen LogP contribution >= 0.6 is 0 Å². The molecule has 0 saturated heterocycles. The van der Waals surface area contributed by atoms with Crippen LogP contribution in [0.25, 0.3) is 89.7 Å². The topological polar surface area (TPSA) is 257 Å². The molecule has 9 rings (SSSR count). The molecule has 2 N–H and O–H groups in total. The van der Waals surface area contributed by atoms with E-state index in [9.17, 15) is 0 Å². The SMILES string of the molecule is COCOc1ccc(OCOC)c2c1-c1nc-2nc2[nH]c(nc3nc(nc4[nH]c(n1)c1c(OCOC)ccc(OCOC)c41)-c1c(OCOC)ccc(OCOC)c1-3)c1c(OCOC)ccc(OCOC)c21. The summed E-state index contributed by atoms with van der Waals surface area (Å²) in [5.41, 5.74) is 2.48. The summed E-state index contributed by atoms with van der Waals surface area (Å²) in [5, 5.41) is 1.70. The molecule has 0 fully saturated rings. The second-order valence-electron chi connectivity index (χ2n) is 15.3. The molecule has 7 aromatic rings. The molecule has 0 amide bonds. The first-order valence-electron chi connectivity index (χ1n) is 21.8. The summed E-state index contributed by atoms with van der Waals surface area (Å²) in [6, 6.07) is 13.7. The average Bonchev–Trinajstić information content (AvgIpc) is 4.16. The highest BCUT2D eigenvalue weighted by Crippen LogP contribution is 2.50. The zero-order valence-corrected chi connectivity index (χ0v) is 40.5. The van der Waals surface area contributed by atoms with Crippen molar-refractivity contribution in [3.8, 4) is 91.5 Å². The van der Waals surface area contributed by atoms with Crippen LogP contribution in [0.5, 0.6) is 46.0 Å². The van der Waals surface area contributed by atoms with Crippen LogP contribution in [0, 0.1) is 0 Å². The first-order chi connectivity index (χ1) is 35.4. The molecule has 0 saturated carbocycles. The van der Waals surface area contributed by atoms with Crippen LogP contribution in [0.15, 0.2) is 48.5 Å². The van der Waals surface area contributed by atoms with Gasteiger partial charge in [-0.2, -0.15) is 0 Å². The molecular formula is C48H50N8O16. The van der Waals surface area contributed by atoms with Crippen molar-refractivity contribution >= 4 is 44.1 Å². The van der Waals surface area contributed by atoms with Crippen molar-refractivity contribution < 1.29 is 75.8 Å². The zero-order valence-electron chi connectivity index (χ0n) is 40.5. The van der Waals surface area contributed by atoms with Crippen LogP contribution in [-0.2, 0) is 37.9 Å². The van der Waals surface area contributed by atoms with E-state index in [1.54, 1.807) is 48.5 Å². The highest BCUT2D eigenvalue weighted by atomic mass is 16.7. The summed E-state index contributed by atoms with van der Waals surface area (Å²) in [4.78, 5) is 38.1. The molecule has 8 bridgehead atoms. The number of aromatic nitrogens is 8. The van der Waals surface area contributed by atoms with Gasteiger partial charge in [0.25, 0.3) is 0 Å². The maximum absolute atomic E-state index is 6.21. The molecule has 72 heavy (non-hydrogen) atoms. The zero-order chi connectivity index (χ0) is 50.1. The number of H-pyrrole nitrogens is 2. The molecule has 0 atom stereocenters. The highest BCUT2D eigenvalue weighted by Gasteiger charge is 2.32. The van der Waals surface area contributed by atoms with Crippen LogP contribution in [0.3, 0.4) is 0 Å². The number of benzene rings is 4. The molecule has 378 valence electrons. The average molecular weight is 995 g/mol. The Morgan fingerprint density at radius 2 is 0.444 bits per heavy atom. The number of methoxy groups -OCH3 is 8. The van der Waals surface area contributed by atoms with Gasteiger partial charge < -0.3 is 85.8 Å². The van der Waals surface area contributed by atoms with Crippen LogP contribution in [0.2, 0.25) is 0 Å². The Morgan fingerprint density at radius 1 is 0.264 bits per heavy atom. The lowest BCUT2D eigenvalue weighted by Crippen LogP contribution is -2.04. The van der Waals surface area contributed by atoms with Crippen LogP contribution in [-0.4, -0.2) is 151 Å². The van der Waals surface area contributed by atoms with Crippen molar-refractivity contribution in [2.75, 3.05) is 111 Å². The monoisotopic (exact) mass is 994 g/mol. The molecule has 2 aliphatic heterocycles. The third kappa shape index (κ3) is 9.59. The Kier molecular flexibility index (Phi) is 15.5. The third-order valence-electron chi connectivity index (χ3n) is 10.8. The summed E-state index contributed by atoms with van der Waals surface area (Å²) < 4.78 is 92.6. The fraction of sp³-hybridized carbons (Fsp3) is 0.333. The van der Waals surface area contributed by atoms with Gasteiger partial charge >= 0.3 is 0 Å². The van der Waals surface area contributed by atoms with Gasteiger partial charge in [-0.3, -0.25) is 0 Å². The second-order valence-corrected chi connectivity index (χ2v) is 15.3. The van der Waals surface area contributed by atoms with Gasteiger partial charge in [0.2, 0.25) is 0 Å². The number of aromatic amines is 2. The number of nitrogens with zero attached hydrogens (tertiary/aromatic N) is 6. The number of fused-ring (bicyclic) bond motifs is 20. The molecule has 0 unspecified atom stereocenters. The standard InChI is InChI=1S/C48H50N8O16/c1-57-17-65-25-9-10-26(66-18-58-2)34-33(25)41-49-42(34)54-44-37-29(69-21-61-5)13-14-30(70-22-62-6)38(37)46(51-44)56-48-40-32(72-24-64-8)16-15-31(71-23-63-7)39(40)47(52-48)55-45-36-28(68-20-60-4)12-11-27(67-19-59-3)35(36)43(50-45)53-41/h9-16H,17-24H2,1-8H3,(H2,49,50,51,52,53,54,55,56). The first kappa shape index (κ1) is 49.3. The van der Waals surface area contributed by atoms with E-state index in [2.05, 4.69) is 9.97 Å². The minimum atomic E-state index is -0.124. The maximum atomic E-state index is 6.21. The van der Waals surface area contributed by atoms with E-state index < -0.39 is 0 Å². The lowest BCUT2D eigenvalue weighted by molar-refractivity contribution is 0.0490. The Balaban J connectivity index is 1.54. The van der Waals surface area contributed by atoms with Crippen molar-refractivity contribution in [3.05, 3.63) is 48.5 Å². The Labute approximate surface area is 410 Å². The second kappa shape index (κ2) is 22.6. The van der Waals surface area contributed by atoms with Crippen molar-refractivity contribution in [2.24, 2.45) is 0 Å². The predicted molar refractivity (Wildman–Crippen MR) is 256 cm³/mol. The highest BCUT2D eigenvalue weighted by molar-refractivity contribution is 6.13. The van der Waals surface area contributed by atoms with E-state index in [1.165, 1.54) is 56.9 Å². The minimum Gasteiger partial charge on any atom is -0.467 e. The minimum absolute atomic E-state index is 0.120. The Hall–Kier alpha value is -7.68. The fourth-order valence-corrected chi connectivity index (χ4v) is 8.01. The molecule has 0 spiro atoms. The molecule has 2 aliphatic rings. The van der Waals surface area contributed by atoms with E-state index in [0.717, 1.165) is 0 Å². The van der Waals surface area contributed by atoms with Crippen LogP contribution < -0.4 is 37.9 Å². The smallest absolute Gasteiger partial charge is 0.188 e. The number of nitrogens with one attached hydrogen (secondary N) is 2. The third-order valence-corrected chi connectivity index (χ3v) is 10.8. The molecule has 0 aliphatic carbocycles. The summed E-state index contributed by atoms with van der Waals surface area (Å²) in [5.74, 6) is 3.28. The summed E-state index contributed by atoms with van der Waals surface area (Å²) in [6.07, 6.45) is 0. The van der Waals surface area contributed by atoms with E-state index in [0.29, 0.717) is 89.8 Å². The number of rotatable bonds is 24. The van der Waals surface area contributed by atoms with Gasteiger partial charge in [0.15, 0.2) is 77.6 Å². The quantitative estimate of drug-likeness (QED) is 0.0595. The fourth-order valence-electron chi connectivity index (χ4n) is 8.01. The van der Waals surface area contributed by atoms with Crippen molar-refractivity contribution in [1.82, 2.24) is 39.9 Å². The van der Waals surface area contributed by atoms with Gasteiger partial charge in [-0.05, 0) is 48.5 Å². The molecule has 24 nitrogen and oxygen atoms in total. The number of ether oxygens (including phenoxy) is 16. The van der Waals surface area contributed by atoms with E-state index in [-0.39, 0.29) is 100 Å². The first-order valence-corrected chi connectivity index (χ1v) is 21.8. The maximum Gasteiger partial charge on any atom is 0.188 e. The lowest BCUT2D eigenvalue weighted by atomic mass is 10.1. The molecule has 24 heteroatoms. The lowest BCUT2D eigenvalue weighted by Gasteiger charge is -2.14. The van der Waals surface area contributed by atoms with Gasteiger partial charge in [0.1, 0.15) is 68.6 Å². The Morgan fingerprint density at radius 3 is 0.639 bits per heavy atom. The predicted octanol–water partition coefficient (Wildman–Crippen LogP) is 6.73. The molecule has 5 heterocycles. The van der Waals surface area contributed by atoms with Crippen molar-refractivity contribution in [2.45, 2.75) is 0 Å². The number of hydrogen-bond donors (Lipinski definition) is 2. The molecular weight excluding hydrogens is 945 g/mol. The van der Waals surface area contributed by atoms with E-state index in [4.69, 9.17) is 106 Å². The largest absolute Gasteiger partial charge is 0.467 e. The Bertz CT molecular complexity index is 2840. The summed E-state index contributed by atoms with van der Waals surface area (Å²) >= 11 is 0. The summed E-state index contributed by atoms with van der Waals surface area (Å²) in [6.45, 7) is -0.975. The molecule has 0 radical (unpaired) electrons. The van der Waals surface area contributed by atoms with Crippen molar-refractivity contribution in [1.29, 1.82) is 0 Å². The van der Waals surface area contributed by atoms with Gasteiger partial charge in [-0.1, -0.05) is 0 Å². The molecule has 4 aromatic carbocycles. The normalized spacial score (nSPS) is 11.7. The van der Waals surface area contributed by atoms with E-state index in [1.807, 2.05) is 0 Å². The van der Waals surface area contributed by atoms with Crippen molar-refractivity contribution in [3.63, 3.8) is 0 Å². The van der Waals surface area contributed by atoms with Gasteiger partial charge in [-0.15, -0.1) is 0 Å². The van der Waals surface area contributed by atoms with E-state index >= 15 is 0 Å². The van der Waals surface area contributed by atoms with Crippen LogP contribution in [0.1, 0.15) is 0 Å². The number of hydrogen-bond acceptors (Lipinski definition) is 22. The van der Waals surface area contributed by atoms with Gasteiger partial charge in [0.05, 0.1) is 43.8 Å². The van der Waals surface area contributed by atoms with Crippen LogP contribution in [0.4, 0.5) is 0 Å².